The van der Waals surface area contributed by atoms with Crippen LogP contribution in [0.4, 0.5) is 0 Å². The SMILES string of the molecule is O=S(NCc1ccccc1)c1ccccc1. The van der Waals surface area contributed by atoms with Crippen LogP contribution in [0.15, 0.2) is 65.6 Å². The Kier molecular flexibility index (Phi) is 3.86. The monoisotopic (exact) mass is 231 g/mol. The topological polar surface area (TPSA) is 29.1 Å². The van der Waals surface area contributed by atoms with Crippen molar-refractivity contribution in [1.29, 1.82) is 0 Å². The molecule has 0 saturated heterocycles. The van der Waals surface area contributed by atoms with Gasteiger partial charge in [-0.15, -0.1) is 0 Å². The fourth-order valence-electron chi connectivity index (χ4n) is 1.37. The molecule has 0 amide bonds. The average molecular weight is 231 g/mol. The molecule has 0 fully saturated rings. The van der Waals surface area contributed by atoms with Gasteiger partial charge in [0.25, 0.3) is 0 Å². The van der Waals surface area contributed by atoms with E-state index in [2.05, 4.69) is 4.72 Å². The van der Waals surface area contributed by atoms with Crippen molar-refractivity contribution < 1.29 is 4.21 Å². The number of rotatable bonds is 4. The van der Waals surface area contributed by atoms with Crippen molar-refractivity contribution in [3.8, 4) is 0 Å². The molecule has 0 aliphatic heterocycles. The molecule has 0 spiro atoms. The Bertz CT molecular complexity index is 456. The van der Waals surface area contributed by atoms with E-state index < -0.39 is 11.0 Å². The summed E-state index contributed by atoms with van der Waals surface area (Å²) in [6, 6.07) is 19.3. The molecule has 0 bridgehead atoms. The summed E-state index contributed by atoms with van der Waals surface area (Å²) in [6.45, 7) is 0.613. The van der Waals surface area contributed by atoms with E-state index in [9.17, 15) is 4.21 Å². The minimum atomic E-state index is -1.13. The van der Waals surface area contributed by atoms with E-state index in [0.717, 1.165) is 10.5 Å². The van der Waals surface area contributed by atoms with Crippen LogP contribution in [0.25, 0.3) is 0 Å². The number of hydrogen-bond donors (Lipinski definition) is 1. The van der Waals surface area contributed by atoms with Crippen molar-refractivity contribution >= 4 is 11.0 Å². The normalized spacial score (nSPS) is 12.2. The molecule has 2 nitrogen and oxygen atoms in total. The standard InChI is InChI=1S/C13H13NOS/c15-16(13-9-5-2-6-10-13)14-11-12-7-3-1-4-8-12/h1-10,14H,11H2. The van der Waals surface area contributed by atoms with E-state index in [1.165, 1.54) is 0 Å². The van der Waals surface area contributed by atoms with Crippen LogP contribution < -0.4 is 4.72 Å². The van der Waals surface area contributed by atoms with Crippen LogP contribution in [0, 0.1) is 0 Å². The Morgan fingerprint density at radius 3 is 2.06 bits per heavy atom. The Labute approximate surface area is 97.9 Å². The summed E-state index contributed by atoms with van der Waals surface area (Å²) in [5.41, 5.74) is 1.13. The lowest BCUT2D eigenvalue weighted by molar-refractivity contribution is 0.672. The fraction of sp³-hybridized carbons (Fsp3) is 0.0769. The van der Waals surface area contributed by atoms with Crippen molar-refractivity contribution in [2.45, 2.75) is 11.4 Å². The van der Waals surface area contributed by atoms with Crippen molar-refractivity contribution in [2.24, 2.45) is 0 Å². The first kappa shape index (κ1) is 11.0. The van der Waals surface area contributed by atoms with E-state index in [-0.39, 0.29) is 0 Å². The number of benzene rings is 2. The van der Waals surface area contributed by atoms with E-state index in [1.54, 1.807) is 0 Å². The molecule has 0 aliphatic rings. The van der Waals surface area contributed by atoms with Crippen LogP contribution in [0.5, 0.6) is 0 Å². The molecule has 0 saturated carbocycles. The second kappa shape index (κ2) is 5.58. The molecule has 2 rings (SSSR count). The van der Waals surface area contributed by atoms with Crippen LogP contribution in [0.2, 0.25) is 0 Å². The van der Waals surface area contributed by atoms with Crippen LogP contribution >= 0.6 is 0 Å². The zero-order valence-corrected chi connectivity index (χ0v) is 9.61. The van der Waals surface area contributed by atoms with E-state index in [0.29, 0.717) is 6.54 Å². The van der Waals surface area contributed by atoms with Gasteiger partial charge in [-0.1, -0.05) is 48.5 Å². The molecule has 82 valence electrons. The largest absolute Gasteiger partial charge is 0.237 e. The molecule has 1 atom stereocenters. The molecule has 3 heteroatoms. The van der Waals surface area contributed by atoms with Gasteiger partial charge in [0, 0.05) is 6.54 Å². The predicted octanol–water partition coefficient (Wildman–Crippen LogP) is 2.50. The lowest BCUT2D eigenvalue weighted by Crippen LogP contribution is -2.16. The first-order valence-corrected chi connectivity index (χ1v) is 6.25. The summed E-state index contributed by atoms with van der Waals surface area (Å²) in [5.74, 6) is 0. The van der Waals surface area contributed by atoms with Crippen molar-refractivity contribution in [1.82, 2.24) is 4.72 Å². The van der Waals surface area contributed by atoms with Gasteiger partial charge in [0.2, 0.25) is 0 Å². The summed E-state index contributed by atoms with van der Waals surface area (Å²) in [6.07, 6.45) is 0. The van der Waals surface area contributed by atoms with Gasteiger partial charge >= 0.3 is 0 Å². The van der Waals surface area contributed by atoms with E-state index >= 15 is 0 Å². The lowest BCUT2D eigenvalue weighted by Gasteiger charge is -2.04. The Balaban J connectivity index is 1.95. The quantitative estimate of drug-likeness (QED) is 0.860. The first-order chi connectivity index (χ1) is 7.86. The van der Waals surface area contributed by atoms with Crippen molar-refractivity contribution in [3.05, 3.63) is 66.2 Å². The van der Waals surface area contributed by atoms with Gasteiger partial charge in [0.05, 0.1) is 4.90 Å². The van der Waals surface area contributed by atoms with Crippen LogP contribution in [0.3, 0.4) is 0 Å². The predicted molar refractivity (Wildman–Crippen MR) is 66.1 cm³/mol. The highest BCUT2D eigenvalue weighted by Gasteiger charge is 2.01. The third-order valence-electron chi connectivity index (χ3n) is 2.21. The lowest BCUT2D eigenvalue weighted by atomic mass is 10.2. The summed E-state index contributed by atoms with van der Waals surface area (Å²) in [5, 5.41) is 0. The molecule has 0 aliphatic carbocycles. The molecule has 1 N–H and O–H groups in total. The van der Waals surface area contributed by atoms with Crippen molar-refractivity contribution in [3.63, 3.8) is 0 Å². The number of hydrogen-bond acceptors (Lipinski definition) is 1. The molecule has 0 radical (unpaired) electrons. The van der Waals surface area contributed by atoms with Gasteiger partial charge in [-0.3, -0.25) is 0 Å². The molecule has 1 unspecified atom stereocenters. The second-order valence-electron chi connectivity index (χ2n) is 3.39. The van der Waals surface area contributed by atoms with Crippen LogP contribution in [-0.4, -0.2) is 4.21 Å². The third kappa shape index (κ3) is 3.02. The molecular formula is C13H13NOS. The minimum Gasteiger partial charge on any atom is -0.237 e. The molecule has 2 aromatic carbocycles. The molecular weight excluding hydrogens is 218 g/mol. The second-order valence-corrected chi connectivity index (χ2v) is 4.69. The number of nitrogens with one attached hydrogen (secondary N) is 1. The molecule has 2 aromatic rings. The molecule has 0 heterocycles. The fourth-order valence-corrected chi connectivity index (χ4v) is 2.24. The Morgan fingerprint density at radius 2 is 1.44 bits per heavy atom. The maximum atomic E-state index is 11.8. The van der Waals surface area contributed by atoms with Gasteiger partial charge in [-0.2, -0.15) is 0 Å². The zero-order chi connectivity index (χ0) is 11.2. The molecule has 0 aromatic heterocycles. The zero-order valence-electron chi connectivity index (χ0n) is 8.80. The highest BCUT2D eigenvalue weighted by molar-refractivity contribution is 7.83. The minimum absolute atomic E-state index is 0.613. The first-order valence-electron chi connectivity index (χ1n) is 5.10. The maximum absolute atomic E-state index is 11.8. The summed E-state index contributed by atoms with van der Waals surface area (Å²) in [4.78, 5) is 0.804. The highest BCUT2D eigenvalue weighted by Crippen LogP contribution is 2.04. The van der Waals surface area contributed by atoms with E-state index in [4.69, 9.17) is 0 Å². The van der Waals surface area contributed by atoms with Gasteiger partial charge in [0.1, 0.15) is 11.0 Å². The van der Waals surface area contributed by atoms with Crippen LogP contribution in [-0.2, 0) is 17.5 Å². The Morgan fingerprint density at radius 1 is 0.875 bits per heavy atom. The van der Waals surface area contributed by atoms with Crippen LogP contribution in [0.1, 0.15) is 5.56 Å². The van der Waals surface area contributed by atoms with Gasteiger partial charge in [-0.05, 0) is 17.7 Å². The average Bonchev–Trinajstić information content (AvgIpc) is 2.38. The van der Waals surface area contributed by atoms with Crippen molar-refractivity contribution in [2.75, 3.05) is 0 Å². The van der Waals surface area contributed by atoms with Gasteiger partial charge in [0.15, 0.2) is 0 Å². The smallest absolute Gasteiger partial charge is 0.125 e. The van der Waals surface area contributed by atoms with Gasteiger partial charge < -0.3 is 0 Å². The summed E-state index contributed by atoms with van der Waals surface area (Å²) >= 11 is 0. The maximum Gasteiger partial charge on any atom is 0.125 e. The van der Waals surface area contributed by atoms with E-state index in [1.807, 2.05) is 60.7 Å². The highest BCUT2D eigenvalue weighted by atomic mass is 32.2. The van der Waals surface area contributed by atoms with Gasteiger partial charge in [-0.25, -0.2) is 8.93 Å². The molecule has 16 heavy (non-hydrogen) atoms. The third-order valence-corrected chi connectivity index (χ3v) is 3.31. The summed E-state index contributed by atoms with van der Waals surface area (Å²) in [7, 11) is -1.13. The Hall–Kier alpha value is -1.45. The summed E-state index contributed by atoms with van der Waals surface area (Å²) < 4.78 is 14.8.